The maximum absolute atomic E-state index is 12.8. The normalized spacial score (nSPS) is 20.6. The van der Waals surface area contributed by atoms with Crippen LogP contribution in [0.1, 0.15) is 40.6 Å². The number of hydrogen-bond acceptors (Lipinski definition) is 4. The molecular weight excluding hydrogens is 290 g/mol. The van der Waals surface area contributed by atoms with Crippen molar-refractivity contribution in [2.24, 2.45) is 0 Å². The third-order valence-corrected chi connectivity index (χ3v) is 4.73. The Morgan fingerprint density at radius 2 is 2.30 bits per heavy atom. The maximum Gasteiger partial charge on any atom is 0.297 e. The van der Waals surface area contributed by atoms with Crippen LogP contribution >= 0.6 is 0 Å². The van der Waals surface area contributed by atoms with Crippen molar-refractivity contribution < 1.29 is 4.79 Å². The zero-order valence-corrected chi connectivity index (χ0v) is 13.3. The Balaban J connectivity index is 1.56. The summed E-state index contributed by atoms with van der Waals surface area (Å²) in [6.07, 6.45) is 4.80. The molecule has 1 fully saturated rings. The van der Waals surface area contributed by atoms with E-state index in [0.29, 0.717) is 18.4 Å². The van der Waals surface area contributed by atoms with E-state index in [1.165, 1.54) is 5.56 Å². The summed E-state index contributed by atoms with van der Waals surface area (Å²) in [5, 5.41) is 7.81. The van der Waals surface area contributed by atoms with E-state index in [2.05, 4.69) is 33.6 Å². The molecule has 0 radical (unpaired) electrons. The van der Waals surface area contributed by atoms with Crippen molar-refractivity contribution in [3.63, 3.8) is 0 Å². The lowest BCUT2D eigenvalue weighted by Gasteiger charge is -2.22. The number of fused-ring (bicyclic) bond motifs is 1. The van der Waals surface area contributed by atoms with Crippen LogP contribution in [0.15, 0.2) is 24.5 Å². The van der Waals surface area contributed by atoms with Crippen molar-refractivity contribution in [3.05, 3.63) is 41.5 Å². The van der Waals surface area contributed by atoms with Crippen molar-refractivity contribution in [2.75, 3.05) is 24.5 Å². The van der Waals surface area contributed by atoms with Crippen molar-refractivity contribution in [2.45, 2.75) is 32.2 Å². The molecule has 1 N–H and O–H groups in total. The van der Waals surface area contributed by atoms with Crippen LogP contribution in [-0.4, -0.2) is 40.3 Å². The molecule has 2 aliphatic heterocycles. The second kappa shape index (κ2) is 5.77. The van der Waals surface area contributed by atoms with Gasteiger partial charge in [0.15, 0.2) is 0 Å². The number of rotatable bonds is 2. The third kappa shape index (κ3) is 2.63. The van der Waals surface area contributed by atoms with Crippen LogP contribution in [0.2, 0.25) is 0 Å². The Bertz CT molecular complexity index is 732. The first-order chi connectivity index (χ1) is 11.2. The summed E-state index contributed by atoms with van der Waals surface area (Å²) in [6.45, 7) is 4.70. The van der Waals surface area contributed by atoms with Crippen LogP contribution in [-0.2, 0) is 6.42 Å². The van der Waals surface area contributed by atoms with Crippen molar-refractivity contribution in [1.29, 1.82) is 0 Å². The molecule has 0 spiro atoms. The smallest absolute Gasteiger partial charge is 0.297 e. The van der Waals surface area contributed by atoms with Crippen molar-refractivity contribution in [3.8, 4) is 0 Å². The fraction of sp³-hybridized carbons (Fsp3) is 0.471. The second-order valence-corrected chi connectivity index (χ2v) is 6.39. The van der Waals surface area contributed by atoms with Crippen LogP contribution in [0.25, 0.3) is 0 Å². The zero-order valence-electron chi connectivity index (χ0n) is 13.3. The average Bonchev–Trinajstić information content (AvgIpc) is 3.22. The lowest BCUT2D eigenvalue weighted by atomic mass is 10.1. The number of carbonyl (C=O) groups is 1. The number of anilines is 1. The molecule has 1 atom stereocenters. The predicted octanol–water partition coefficient (Wildman–Crippen LogP) is 1.71. The first-order valence-electron chi connectivity index (χ1n) is 8.25. The quantitative estimate of drug-likeness (QED) is 0.917. The van der Waals surface area contributed by atoms with Crippen LogP contribution in [0.3, 0.4) is 0 Å². The van der Waals surface area contributed by atoms with E-state index in [1.807, 2.05) is 11.6 Å². The summed E-state index contributed by atoms with van der Waals surface area (Å²) in [4.78, 5) is 18.9. The minimum absolute atomic E-state index is 0.100. The summed E-state index contributed by atoms with van der Waals surface area (Å²) in [6, 6.07) is 6.57. The number of amides is 1. The molecule has 2 aromatic rings. The standard InChI is InChI=1S/C17H21N5O/c1-12-4-5-13-6-8-21(15(13)9-12)17(23)16-19-11-22(20-16)14-3-2-7-18-10-14/h4-5,9,11,14,18H,2-3,6-8,10H2,1H3/t14-/m1/s1. The van der Waals surface area contributed by atoms with E-state index in [-0.39, 0.29) is 5.91 Å². The van der Waals surface area contributed by atoms with Gasteiger partial charge in [0.05, 0.1) is 6.04 Å². The zero-order chi connectivity index (χ0) is 15.8. The summed E-state index contributed by atoms with van der Waals surface area (Å²) in [7, 11) is 0. The lowest BCUT2D eigenvalue weighted by molar-refractivity contribution is 0.0978. The predicted molar refractivity (Wildman–Crippen MR) is 87.7 cm³/mol. The van der Waals surface area contributed by atoms with Gasteiger partial charge in [-0.3, -0.25) is 4.79 Å². The molecule has 1 aromatic heterocycles. The fourth-order valence-electron chi connectivity index (χ4n) is 3.43. The van der Waals surface area contributed by atoms with E-state index in [1.54, 1.807) is 11.2 Å². The van der Waals surface area contributed by atoms with Gasteiger partial charge in [-0.2, -0.15) is 0 Å². The number of aryl methyl sites for hydroxylation is 1. The summed E-state index contributed by atoms with van der Waals surface area (Å²) >= 11 is 0. The Morgan fingerprint density at radius 3 is 3.13 bits per heavy atom. The molecule has 6 heteroatoms. The molecule has 2 aliphatic rings. The van der Waals surface area contributed by atoms with Gasteiger partial charge in [0, 0.05) is 18.8 Å². The first-order valence-corrected chi connectivity index (χ1v) is 8.25. The maximum atomic E-state index is 12.8. The van der Waals surface area contributed by atoms with E-state index < -0.39 is 0 Å². The highest BCUT2D eigenvalue weighted by atomic mass is 16.2. The van der Waals surface area contributed by atoms with Gasteiger partial charge >= 0.3 is 0 Å². The molecule has 1 amide bonds. The molecule has 1 saturated heterocycles. The Morgan fingerprint density at radius 1 is 1.39 bits per heavy atom. The van der Waals surface area contributed by atoms with Crippen LogP contribution < -0.4 is 10.2 Å². The van der Waals surface area contributed by atoms with Gasteiger partial charge in [-0.15, -0.1) is 5.10 Å². The van der Waals surface area contributed by atoms with E-state index in [4.69, 9.17) is 0 Å². The number of nitrogens with zero attached hydrogens (tertiary/aromatic N) is 4. The Labute approximate surface area is 135 Å². The third-order valence-electron chi connectivity index (χ3n) is 4.73. The Kier molecular flexibility index (Phi) is 3.61. The number of piperidine rings is 1. The van der Waals surface area contributed by atoms with Crippen LogP contribution in [0.5, 0.6) is 0 Å². The molecule has 0 unspecified atom stereocenters. The topological polar surface area (TPSA) is 63.1 Å². The molecule has 6 nitrogen and oxygen atoms in total. The first kappa shape index (κ1) is 14.4. The van der Waals surface area contributed by atoms with Gasteiger partial charge in [0.2, 0.25) is 5.82 Å². The van der Waals surface area contributed by atoms with Gasteiger partial charge in [-0.1, -0.05) is 12.1 Å². The molecule has 23 heavy (non-hydrogen) atoms. The number of benzene rings is 1. The van der Waals surface area contributed by atoms with Crippen molar-refractivity contribution in [1.82, 2.24) is 20.1 Å². The minimum Gasteiger partial charge on any atom is -0.315 e. The SMILES string of the molecule is Cc1ccc2c(c1)N(C(=O)c1ncn([C@@H]3CCCNC3)n1)CC2. The summed E-state index contributed by atoms with van der Waals surface area (Å²) in [5.41, 5.74) is 3.39. The molecule has 1 aromatic carbocycles. The molecule has 0 aliphatic carbocycles. The van der Waals surface area contributed by atoms with E-state index in [0.717, 1.165) is 43.6 Å². The van der Waals surface area contributed by atoms with Gasteiger partial charge in [0.1, 0.15) is 6.33 Å². The van der Waals surface area contributed by atoms with E-state index in [9.17, 15) is 4.79 Å². The molecule has 0 saturated carbocycles. The van der Waals surface area contributed by atoms with Gasteiger partial charge in [0.25, 0.3) is 5.91 Å². The van der Waals surface area contributed by atoms with Crippen molar-refractivity contribution >= 4 is 11.6 Å². The number of aromatic nitrogens is 3. The lowest BCUT2D eigenvalue weighted by Crippen LogP contribution is -2.33. The fourth-order valence-corrected chi connectivity index (χ4v) is 3.43. The minimum atomic E-state index is -0.100. The van der Waals surface area contributed by atoms with E-state index >= 15 is 0 Å². The molecule has 120 valence electrons. The highest BCUT2D eigenvalue weighted by Gasteiger charge is 2.28. The Hall–Kier alpha value is -2.21. The molecule has 0 bridgehead atoms. The van der Waals surface area contributed by atoms with Crippen LogP contribution in [0, 0.1) is 6.92 Å². The highest BCUT2D eigenvalue weighted by molar-refractivity contribution is 6.04. The number of hydrogen-bond donors (Lipinski definition) is 1. The summed E-state index contributed by atoms with van der Waals surface area (Å²) in [5.74, 6) is 0.196. The largest absolute Gasteiger partial charge is 0.315 e. The second-order valence-electron chi connectivity index (χ2n) is 6.39. The number of carbonyl (C=O) groups excluding carboxylic acids is 1. The van der Waals surface area contributed by atoms with Gasteiger partial charge in [-0.25, -0.2) is 9.67 Å². The number of nitrogens with one attached hydrogen (secondary N) is 1. The van der Waals surface area contributed by atoms with Crippen LogP contribution in [0.4, 0.5) is 5.69 Å². The highest BCUT2D eigenvalue weighted by Crippen LogP contribution is 2.29. The monoisotopic (exact) mass is 311 g/mol. The molecule has 4 rings (SSSR count). The average molecular weight is 311 g/mol. The van der Waals surface area contributed by atoms with Gasteiger partial charge < -0.3 is 10.2 Å². The molecule has 3 heterocycles. The summed E-state index contributed by atoms with van der Waals surface area (Å²) < 4.78 is 1.84. The van der Waals surface area contributed by atoms with Gasteiger partial charge in [-0.05, 0) is 49.9 Å². The molecular formula is C17H21N5O.